The van der Waals surface area contributed by atoms with Crippen LogP contribution in [0.1, 0.15) is 49.9 Å². The Morgan fingerprint density at radius 3 is 1.26 bits per heavy atom. The van der Waals surface area contributed by atoms with Crippen molar-refractivity contribution in [1.82, 2.24) is 0 Å². The van der Waals surface area contributed by atoms with Gasteiger partial charge in [0.25, 0.3) is 0 Å². The van der Waals surface area contributed by atoms with E-state index in [0.717, 1.165) is 17.1 Å². The van der Waals surface area contributed by atoms with Crippen molar-refractivity contribution in [2.45, 2.75) is 55.4 Å². The minimum absolute atomic E-state index is 1.01. The zero-order chi connectivity index (χ0) is 21.0. The van der Waals surface area contributed by atoms with Crippen LogP contribution in [0.15, 0.2) is 73.5 Å². The van der Waals surface area contributed by atoms with Gasteiger partial charge in [-0.2, -0.15) is 0 Å². The molecule has 0 bridgehead atoms. The van der Waals surface area contributed by atoms with E-state index in [2.05, 4.69) is 82.2 Å². The second-order valence-electron chi connectivity index (χ2n) is 6.06. The molecule has 0 N–H and O–H groups in total. The van der Waals surface area contributed by atoms with Crippen molar-refractivity contribution in [2.24, 2.45) is 0 Å². The molecule has 0 radical (unpaired) electrons. The average Bonchev–Trinajstić information content (AvgIpc) is 2.63. The van der Waals surface area contributed by atoms with Gasteiger partial charge in [0.1, 0.15) is 0 Å². The summed E-state index contributed by atoms with van der Waals surface area (Å²) in [7, 11) is 0. The maximum atomic E-state index is 3.98. The van der Waals surface area contributed by atoms with Crippen molar-refractivity contribution in [2.75, 3.05) is 4.90 Å². The number of anilines is 2. The third-order valence-electron chi connectivity index (χ3n) is 3.69. The van der Waals surface area contributed by atoms with Crippen LogP contribution in [0.5, 0.6) is 0 Å². The maximum Gasteiger partial charge on any atom is 0.0466 e. The highest BCUT2D eigenvalue weighted by Crippen LogP contribution is 2.33. The molecule has 146 valence electrons. The summed E-state index contributed by atoms with van der Waals surface area (Å²) in [5.41, 5.74) is 8.27. The summed E-state index contributed by atoms with van der Waals surface area (Å²) in [5, 5.41) is 0. The quantitative estimate of drug-likeness (QED) is 0.482. The highest BCUT2D eigenvalue weighted by atomic mass is 15.1. The molecule has 0 fully saturated rings. The standard InChI is InChI=1S/C22H25N.2C2H6/c1-7-9-20(8-2)23(21-12-16(3)10-17(4)13-21)22-14-18(5)11-19(6)15-22;2*1-2/h7-15H,1-2H2,3-6H3;2*1-2H3/b20-9+;;. The van der Waals surface area contributed by atoms with Gasteiger partial charge < -0.3 is 4.90 Å². The Balaban J connectivity index is 0.00000158. The normalized spacial score (nSPS) is 10.0. The van der Waals surface area contributed by atoms with Crippen molar-refractivity contribution >= 4 is 11.4 Å². The molecular weight excluding hydrogens is 326 g/mol. The molecule has 0 aliphatic rings. The molecule has 2 aromatic rings. The molecule has 0 atom stereocenters. The molecule has 0 saturated heterocycles. The zero-order valence-electron chi connectivity index (χ0n) is 18.6. The van der Waals surface area contributed by atoms with Crippen molar-refractivity contribution in [1.29, 1.82) is 0 Å². The van der Waals surface area contributed by atoms with Gasteiger partial charge in [-0.15, -0.1) is 0 Å². The minimum Gasteiger partial charge on any atom is -0.310 e. The van der Waals surface area contributed by atoms with Crippen LogP contribution in [0.25, 0.3) is 0 Å². The molecule has 2 aromatic carbocycles. The zero-order valence-corrected chi connectivity index (χ0v) is 18.6. The van der Waals surface area contributed by atoms with E-state index in [1.165, 1.54) is 22.3 Å². The second kappa shape index (κ2) is 12.8. The molecule has 0 aliphatic carbocycles. The second-order valence-corrected chi connectivity index (χ2v) is 6.06. The Morgan fingerprint density at radius 1 is 0.667 bits per heavy atom. The Labute approximate surface area is 167 Å². The highest BCUT2D eigenvalue weighted by Gasteiger charge is 2.14. The summed E-state index contributed by atoms with van der Waals surface area (Å²) in [6.45, 7) is 24.3. The largest absolute Gasteiger partial charge is 0.310 e. The molecular formula is C26H37N. The number of allylic oxidation sites excluding steroid dienone is 3. The van der Waals surface area contributed by atoms with Crippen LogP contribution in [0.3, 0.4) is 0 Å². The molecule has 1 heteroatoms. The first-order chi connectivity index (χ1) is 12.9. The van der Waals surface area contributed by atoms with E-state index in [4.69, 9.17) is 0 Å². The van der Waals surface area contributed by atoms with Crippen LogP contribution in [-0.4, -0.2) is 0 Å². The van der Waals surface area contributed by atoms with E-state index in [-0.39, 0.29) is 0 Å². The average molecular weight is 364 g/mol. The molecule has 0 heterocycles. The number of hydrogen-bond acceptors (Lipinski definition) is 1. The Morgan fingerprint density at radius 2 is 1.00 bits per heavy atom. The third kappa shape index (κ3) is 7.30. The number of hydrogen-bond donors (Lipinski definition) is 0. The van der Waals surface area contributed by atoms with Crippen LogP contribution in [0, 0.1) is 27.7 Å². The summed E-state index contributed by atoms with van der Waals surface area (Å²) >= 11 is 0. The predicted molar refractivity (Wildman–Crippen MR) is 125 cm³/mol. The van der Waals surface area contributed by atoms with Crippen molar-refractivity contribution in [3.8, 4) is 0 Å². The minimum atomic E-state index is 1.01. The van der Waals surface area contributed by atoms with Crippen LogP contribution < -0.4 is 4.90 Å². The molecule has 0 amide bonds. The topological polar surface area (TPSA) is 3.24 Å². The van der Waals surface area contributed by atoms with E-state index < -0.39 is 0 Å². The van der Waals surface area contributed by atoms with E-state index in [9.17, 15) is 0 Å². The van der Waals surface area contributed by atoms with Gasteiger partial charge in [-0.1, -0.05) is 59.1 Å². The lowest BCUT2D eigenvalue weighted by molar-refractivity contribution is 1.18. The lowest BCUT2D eigenvalue weighted by atomic mass is 10.1. The SMILES string of the molecule is C=C/C=C(\C=C)N(c1cc(C)cc(C)c1)c1cc(C)cc(C)c1.CC.CC. The van der Waals surface area contributed by atoms with Crippen LogP contribution in [0.4, 0.5) is 11.4 Å². The van der Waals surface area contributed by atoms with Crippen LogP contribution >= 0.6 is 0 Å². The van der Waals surface area contributed by atoms with Gasteiger partial charge in [0.05, 0.1) is 0 Å². The third-order valence-corrected chi connectivity index (χ3v) is 3.69. The van der Waals surface area contributed by atoms with Gasteiger partial charge in [-0.3, -0.25) is 0 Å². The van der Waals surface area contributed by atoms with Gasteiger partial charge in [-0.05, 0) is 86.4 Å². The molecule has 0 aromatic heterocycles. The van der Waals surface area contributed by atoms with Crippen molar-refractivity contribution in [3.05, 3.63) is 95.7 Å². The lowest BCUT2D eigenvalue weighted by Crippen LogP contribution is -2.15. The summed E-state index contributed by atoms with van der Waals surface area (Å²) < 4.78 is 0. The number of benzene rings is 2. The maximum absolute atomic E-state index is 3.98. The van der Waals surface area contributed by atoms with Gasteiger partial charge in [0, 0.05) is 17.1 Å². The molecule has 1 nitrogen and oxygen atoms in total. The Kier molecular flexibility index (Phi) is 11.6. The Hall–Kier alpha value is -2.54. The summed E-state index contributed by atoms with van der Waals surface area (Å²) in [6, 6.07) is 13.2. The summed E-state index contributed by atoms with van der Waals surface area (Å²) in [4.78, 5) is 2.23. The molecule has 27 heavy (non-hydrogen) atoms. The van der Waals surface area contributed by atoms with Crippen molar-refractivity contribution in [3.63, 3.8) is 0 Å². The van der Waals surface area contributed by atoms with Gasteiger partial charge in [0.2, 0.25) is 0 Å². The molecule has 0 saturated carbocycles. The van der Waals surface area contributed by atoms with E-state index in [1.54, 1.807) is 6.08 Å². The first kappa shape index (κ1) is 24.5. The van der Waals surface area contributed by atoms with Gasteiger partial charge in [0.15, 0.2) is 0 Å². The number of aryl methyl sites for hydroxylation is 4. The fourth-order valence-corrected chi connectivity index (χ4v) is 2.96. The molecule has 0 aliphatic heterocycles. The van der Waals surface area contributed by atoms with E-state index in [0.29, 0.717) is 0 Å². The first-order valence-corrected chi connectivity index (χ1v) is 9.86. The van der Waals surface area contributed by atoms with Crippen molar-refractivity contribution < 1.29 is 0 Å². The number of rotatable bonds is 5. The fraction of sp³-hybridized carbons (Fsp3) is 0.308. The lowest BCUT2D eigenvalue weighted by Gasteiger charge is -2.27. The monoisotopic (exact) mass is 363 g/mol. The first-order valence-electron chi connectivity index (χ1n) is 9.86. The van der Waals surface area contributed by atoms with Gasteiger partial charge in [-0.25, -0.2) is 0 Å². The molecule has 0 unspecified atom stereocenters. The van der Waals surface area contributed by atoms with Crippen LogP contribution in [-0.2, 0) is 0 Å². The smallest absolute Gasteiger partial charge is 0.0466 e. The van der Waals surface area contributed by atoms with Gasteiger partial charge >= 0.3 is 0 Å². The van der Waals surface area contributed by atoms with E-state index in [1.807, 2.05) is 39.8 Å². The number of nitrogens with zero attached hydrogens (tertiary/aromatic N) is 1. The van der Waals surface area contributed by atoms with E-state index >= 15 is 0 Å². The molecule has 2 rings (SSSR count). The molecule has 0 spiro atoms. The summed E-state index contributed by atoms with van der Waals surface area (Å²) in [6.07, 6.45) is 5.66. The highest BCUT2D eigenvalue weighted by molar-refractivity contribution is 5.72. The predicted octanol–water partition coefficient (Wildman–Crippen LogP) is 8.37. The van der Waals surface area contributed by atoms with Crippen LogP contribution in [0.2, 0.25) is 0 Å². The Bertz CT molecular complexity index is 674. The summed E-state index contributed by atoms with van der Waals surface area (Å²) in [5.74, 6) is 0. The fourth-order valence-electron chi connectivity index (χ4n) is 2.96.